The van der Waals surface area contributed by atoms with E-state index in [0.29, 0.717) is 10.8 Å². The Balaban J connectivity index is 2.91. The second kappa shape index (κ2) is 3.29. The van der Waals surface area contributed by atoms with Gasteiger partial charge in [-0.15, -0.1) is 0 Å². The highest BCUT2D eigenvalue weighted by atomic mass is 28.3. The van der Waals surface area contributed by atoms with Crippen molar-refractivity contribution in [3.05, 3.63) is 29.8 Å². The molecule has 0 heterocycles. The van der Waals surface area contributed by atoms with Crippen LogP contribution in [0.5, 0.6) is 0 Å². The first kappa shape index (κ1) is 7.94. The number of hydrogen-bond acceptors (Lipinski definition) is 1. The predicted molar refractivity (Wildman–Crippen MR) is 41.5 cm³/mol. The molecule has 2 N–H and O–H groups in total. The van der Waals surface area contributed by atoms with Gasteiger partial charge in [0, 0.05) is 5.56 Å². The first-order valence-electron chi connectivity index (χ1n) is 3.00. The summed E-state index contributed by atoms with van der Waals surface area (Å²) in [7, 11) is -0.732. The molecule has 0 spiro atoms. The summed E-state index contributed by atoms with van der Waals surface area (Å²) in [5.74, 6) is -0.487. The molecule has 0 fully saturated rings. The summed E-state index contributed by atoms with van der Waals surface area (Å²) in [6, 6.07) is 6.14. The van der Waals surface area contributed by atoms with Gasteiger partial charge in [-0.05, 0) is 17.3 Å². The van der Waals surface area contributed by atoms with Crippen molar-refractivity contribution in [2.75, 3.05) is 0 Å². The van der Waals surface area contributed by atoms with Gasteiger partial charge >= 0.3 is 9.85 Å². The highest BCUT2D eigenvalue weighted by Gasteiger charge is 1.99. The van der Waals surface area contributed by atoms with Crippen LogP contribution < -0.4 is 10.9 Å². The average Bonchev–Trinajstić information content (AvgIpc) is 2.05. The van der Waals surface area contributed by atoms with Gasteiger partial charge in [0.2, 0.25) is 5.91 Å². The molecule has 1 aromatic carbocycles. The molecule has 1 amide bonds. The van der Waals surface area contributed by atoms with Gasteiger partial charge in [-0.3, -0.25) is 4.79 Å². The maximum Gasteiger partial charge on any atom is 0.333 e. The van der Waals surface area contributed by atoms with Crippen molar-refractivity contribution in [1.82, 2.24) is 0 Å². The van der Waals surface area contributed by atoms with Crippen LogP contribution in [0.1, 0.15) is 10.4 Å². The van der Waals surface area contributed by atoms with Crippen molar-refractivity contribution in [2.45, 2.75) is 0 Å². The molecule has 0 aromatic heterocycles. The largest absolute Gasteiger partial charge is 0.366 e. The highest BCUT2D eigenvalue weighted by Crippen LogP contribution is 1.94. The Morgan fingerprint density at radius 3 is 2.27 bits per heavy atom. The molecular weight excluding hydrogens is 161 g/mol. The third-order valence-electron chi connectivity index (χ3n) is 1.28. The molecule has 1 aromatic rings. The molecule has 0 aliphatic carbocycles. The van der Waals surface area contributed by atoms with Crippen LogP contribution in [0.15, 0.2) is 24.3 Å². The van der Waals surface area contributed by atoms with Crippen LogP contribution in [0.25, 0.3) is 0 Å². The number of halogens is 1. The number of hydrogen-bond donors (Lipinski definition) is 1. The monoisotopic (exact) mass is 167 g/mol. The SMILES string of the molecule is NC(=O)c1ccc([Si]F)cc1. The van der Waals surface area contributed by atoms with Crippen LogP contribution >= 0.6 is 0 Å². The maximum absolute atomic E-state index is 12.0. The van der Waals surface area contributed by atoms with E-state index in [0.717, 1.165) is 0 Å². The number of rotatable bonds is 2. The minimum Gasteiger partial charge on any atom is -0.366 e. The summed E-state index contributed by atoms with van der Waals surface area (Å²) >= 11 is 0. The molecule has 0 unspecified atom stereocenters. The van der Waals surface area contributed by atoms with Gasteiger partial charge in [0.25, 0.3) is 0 Å². The topological polar surface area (TPSA) is 43.1 Å². The van der Waals surface area contributed by atoms with E-state index < -0.39 is 15.8 Å². The number of benzene rings is 1. The molecule has 0 saturated heterocycles. The lowest BCUT2D eigenvalue weighted by atomic mass is 10.2. The van der Waals surface area contributed by atoms with Crippen molar-refractivity contribution in [3.63, 3.8) is 0 Å². The summed E-state index contributed by atoms with van der Waals surface area (Å²) in [6.07, 6.45) is 0. The van der Waals surface area contributed by atoms with Crippen LogP contribution in [0.2, 0.25) is 0 Å². The number of carbonyl (C=O) groups is 1. The van der Waals surface area contributed by atoms with E-state index in [9.17, 15) is 8.90 Å². The van der Waals surface area contributed by atoms with Crippen LogP contribution in [0.3, 0.4) is 0 Å². The van der Waals surface area contributed by atoms with Crippen LogP contribution in [0, 0.1) is 0 Å². The second-order valence-electron chi connectivity index (χ2n) is 2.04. The Morgan fingerprint density at radius 1 is 1.36 bits per heavy atom. The van der Waals surface area contributed by atoms with Gasteiger partial charge < -0.3 is 9.84 Å². The number of amides is 1. The van der Waals surface area contributed by atoms with Crippen LogP contribution in [0.4, 0.5) is 4.11 Å². The lowest BCUT2D eigenvalue weighted by Gasteiger charge is -1.94. The molecule has 0 aliphatic heterocycles. The number of nitrogens with two attached hydrogens (primary N) is 1. The second-order valence-corrected chi connectivity index (χ2v) is 2.80. The molecule has 11 heavy (non-hydrogen) atoms. The minimum atomic E-state index is -0.732. The third kappa shape index (κ3) is 1.88. The normalized spacial score (nSPS) is 9.55. The first-order chi connectivity index (χ1) is 5.24. The molecule has 0 bridgehead atoms. The molecule has 2 radical (unpaired) electrons. The highest BCUT2D eigenvalue weighted by molar-refractivity contribution is 6.46. The zero-order chi connectivity index (χ0) is 8.27. The van der Waals surface area contributed by atoms with Crippen LogP contribution in [-0.2, 0) is 0 Å². The van der Waals surface area contributed by atoms with E-state index in [4.69, 9.17) is 5.73 Å². The molecule has 2 nitrogen and oxygen atoms in total. The van der Waals surface area contributed by atoms with Gasteiger partial charge in [-0.2, -0.15) is 0 Å². The lowest BCUT2D eigenvalue weighted by Crippen LogP contribution is -2.14. The standard InChI is InChI=1S/C7H6FNOSi/c8-11-6-3-1-5(2-4-6)7(9)10/h1-4H,(H2,9,10). The lowest BCUT2D eigenvalue weighted by molar-refractivity contribution is 0.100. The third-order valence-corrected chi connectivity index (χ3v) is 1.83. The predicted octanol–water partition coefficient (Wildman–Crippen LogP) is -0.000500. The summed E-state index contributed by atoms with van der Waals surface area (Å²) in [6.45, 7) is 0. The Bertz CT molecular complexity index is 260. The van der Waals surface area contributed by atoms with E-state index >= 15 is 0 Å². The van der Waals surface area contributed by atoms with E-state index in [1.165, 1.54) is 12.1 Å². The molecule has 1 rings (SSSR count). The fourth-order valence-corrected chi connectivity index (χ4v) is 0.990. The first-order valence-corrected chi connectivity index (χ1v) is 3.88. The molecule has 4 heteroatoms. The van der Waals surface area contributed by atoms with Gasteiger partial charge in [-0.1, -0.05) is 12.1 Å². The Labute approximate surface area is 66.2 Å². The summed E-state index contributed by atoms with van der Waals surface area (Å²) < 4.78 is 12.0. The zero-order valence-electron chi connectivity index (χ0n) is 5.67. The van der Waals surface area contributed by atoms with Gasteiger partial charge in [0.15, 0.2) is 0 Å². The summed E-state index contributed by atoms with van der Waals surface area (Å²) in [5, 5.41) is 0.579. The summed E-state index contributed by atoms with van der Waals surface area (Å²) in [4.78, 5) is 10.5. The Kier molecular flexibility index (Phi) is 2.38. The quantitative estimate of drug-likeness (QED) is 0.489. The van der Waals surface area contributed by atoms with Gasteiger partial charge in [0.1, 0.15) is 0 Å². The average molecular weight is 167 g/mol. The molecule has 0 aliphatic rings. The van der Waals surface area contributed by atoms with Crippen molar-refractivity contribution in [2.24, 2.45) is 5.73 Å². The fraction of sp³-hybridized carbons (Fsp3) is 0. The molecule has 56 valence electrons. The van der Waals surface area contributed by atoms with Crippen LogP contribution in [-0.4, -0.2) is 15.8 Å². The number of primary amides is 1. The Hall–Kier alpha value is -1.16. The Morgan fingerprint density at radius 2 is 1.91 bits per heavy atom. The maximum atomic E-state index is 12.0. The summed E-state index contributed by atoms with van der Waals surface area (Å²) in [5.41, 5.74) is 5.38. The van der Waals surface area contributed by atoms with Crippen molar-refractivity contribution in [1.29, 1.82) is 0 Å². The zero-order valence-corrected chi connectivity index (χ0v) is 6.67. The fourth-order valence-electron chi connectivity index (χ4n) is 0.697. The smallest absolute Gasteiger partial charge is 0.333 e. The van der Waals surface area contributed by atoms with Crippen molar-refractivity contribution < 1.29 is 8.90 Å². The minimum absolute atomic E-state index is 0.409. The van der Waals surface area contributed by atoms with E-state index in [-0.39, 0.29) is 0 Å². The van der Waals surface area contributed by atoms with Crippen molar-refractivity contribution in [3.8, 4) is 0 Å². The molecule has 0 atom stereocenters. The van der Waals surface area contributed by atoms with E-state index in [1.54, 1.807) is 12.1 Å². The van der Waals surface area contributed by atoms with E-state index in [1.807, 2.05) is 0 Å². The van der Waals surface area contributed by atoms with Gasteiger partial charge in [-0.25, -0.2) is 0 Å². The van der Waals surface area contributed by atoms with Gasteiger partial charge in [0.05, 0.1) is 0 Å². The van der Waals surface area contributed by atoms with E-state index in [2.05, 4.69) is 0 Å². The van der Waals surface area contributed by atoms with Crippen molar-refractivity contribution >= 4 is 20.9 Å². The number of carbonyl (C=O) groups excluding carboxylic acids is 1. The molecule has 0 saturated carbocycles. The molecular formula is C7H6FNOSi.